The smallest absolute Gasteiger partial charge is 0.191 e. The lowest BCUT2D eigenvalue weighted by Gasteiger charge is -2.32. The first-order valence-electron chi connectivity index (χ1n) is 11.8. The van der Waals surface area contributed by atoms with Crippen LogP contribution in [0.3, 0.4) is 0 Å². The van der Waals surface area contributed by atoms with Crippen molar-refractivity contribution in [3.63, 3.8) is 0 Å². The Kier molecular flexibility index (Phi) is 9.77. The Bertz CT molecular complexity index is 621. The normalized spacial score (nSPS) is 20.5. The zero-order valence-corrected chi connectivity index (χ0v) is 18.9. The van der Waals surface area contributed by atoms with Gasteiger partial charge in [0.25, 0.3) is 0 Å². The fourth-order valence-corrected chi connectivity index (χ4v) is 3.94. The maximum atomic E-state index is 5.77. The first kappa shape index (κ1) is 22.9. The van der Waals surface area contributed by atoms with Crippen LogP contribution in [0.4, 0.5) is 5.69 Å². The van der Waals surface area contributed by atoms with Crippen LogP contribution in [0.1, 0.15) is 45.1 Å². The Morgan fingerprint density at radius 3 is 2.67 bits per heavy atom. The minimum Gasteiger partial charge on any atom is -0.381 e. The molecule has 6 nitrogen and oxygen atoms in total. The van der Waals surface area contributed by atoms with Gasteiger partial charge in [0.1, 0.15) is 0 Å². The second-order valence-electron chi connectivity index (χ2n) is 8.62. The number of piperidine rings is 1. The van der Waals surface area contributed by atoms with Gasteiger partial charge in [-0.05, 0) is 56.2 Å². The molecule has 1 aromatic carbocycles. The third-order valence-corrected chi connectivity index (χ3v) is 5.98. The van der Waals surface area contributed by atoms with Crippen LogP contribution in [0, 0.1) is 11.8 Å². The number of nitrogens with zero attached hydrogens (tertiary/aromatic N) is 2. The van der Waals surface area contributed by atoms with Crippen LogP contribution in [0.25, 0.3) is 0 Å². The molecule has 0 bridgehead atoms. The molecule has 1 aromatic rings. The number of rotatable bonds is 10. The summed E-state index contributed by atoms with van der Waals surface area (Å²) in [6.45, 7) is 12.5. The highest BCUT2D eigenvalue weighted by molar-refractivity contribution is 5.79. The fourth-order valence-electron chi connectivity index (χ4n) is 3.94. The quantitative estimate of drug-likeness (QED) is 0.348. The van der Waals surface area contributed by atoms with Crippen LogP contribution in [0.2, 0.25) is 0 Å². The molecule has 2 aliphatic heterocycles. The molecule has 0 aliphatic carbocycles. The van der Waals surface area contributed by atoms with Gasteiger partial charge >= 0.3 is 0 Å². The van der Waals surface area contributed by atoms with Gasteiger partial charge in [-0.2, -0.15) is 0 Å². The molecular weight excluding hydrogens is 376 g/mol. The number of benzene rings is 1. The van der Waals surface area contributed by atoms with E-state index in [1.165, 1.54) is 37.2 Å². The lowest BCUT2D eigenvalue weighted by Crippen LogP contribution is -2.38. The van der Waals surface area contributed by atoms with Crippen LogP contribution in [0.15, 0.2) is 29.3 Å². The number of aliphatic imine (C=N–C) groups is 1. The van der Waals surface area contributed by atoms with Crippen LogP contribution in [-0.2, 0) is 16.0 Å². The molecule has 0 radical (unpaired) electrons. The third kappa shape index (κ3) is 7.80. The maximum Gasteiger partial charge on any atom is 0.191 e. The number of guanidine groups is 1. The van der Waals surface area contributed by atoms with Gasteiger partial charge in [0.2, 0.25) is 0 Å². The van der Waals surface area contributed by atoms with E-state index in [-0.39, 0.29) is 0 Å². The molecule has 0 aromatic heterocycles. The van der Waals surface area contributed by atoms with Crippen LogP contribution >= 0.6 is 0 Å². The summed E-state index contributed by atoms with van der Waals surface area (Å²) in [5.74, 6) is 2.32. The van der Waals surface area contributed by atoms with Gasteiger partial charge in [0, 0.05) is 51.0 Å². The number of anilines is 1. The fraction of sp³-hybridized carbons (Fsp3) is 0.708. The summed E-state index contributed by atoms with van der Waals surface area (Å²) in [6, 6.07) is 8.91. The Morgan fingerprint density at radius 2 is 1.97 bits per heavy atom. The molecule has 2 aliphatic rings. The summed E-state index contributed by atoms with van der Waals surface area (Å²) in [6.07, 6.45) is 4.70. The van der Waals surface area contributed by atoms with Gasteiger partial charge in [0.15, 0.2) is 5.96 Å². The van der Waals surface area contributed by atoms with E-state index in [1.807, 2.05) is 0 Å². The Hall–Kier alpha value is -1.79. The molecule has 2 heterocycles. The number of hydrogen-bond donors (Lipinski definition) is 2. The standard InChI is InChI=1S/C24H40N4O2/c1-3-25-24(26-12-4-15-29-18-22-11-16-30-19-22)27-17-21-5-7-23(8-6-21)28-13-9-20(2)10-14-28/h5-8,20,22H,3-4,9-19H2,1-2H3,(H2,25,26,27). The summed E-state index contributed by atoms with van der Waals surface area (Å²) in [5.41, 5.74) is 2.58. The van der Waals surface area contributed by atoms with Gasteiger partial charge in [-0.3, -0.25) is 0 Å². The highest BCUT2D eigenvalue weighted by atomic mass is 16.5. The summed E-state index contributed by atoms with van der Waals surface area (Å²) in [4.78, 5) is 7.24. The van der Waals surface area contributed by atoms with Crippen LogP contribution in [0.5, 0.6) is 0 Å². The average molecular weight is 417 g/mol. The minimum atomic E-state index is 0.585. The van der Waals surface area contributed by atoms with Crippen molar-refractivity contribution in [2.75, 3.05) is 57.5 Å². The van der Waals surface area contributed by atoms with Gasteiger partial charge in [-0.15, -0.1) is 0 Å². The summed E-state index contributed by atoms with van der Waals surface area (Å²) in [5, 5.41) is 6.74. The lowest BCUT2D eigenvalue weighted by atomic mass is 9.99. The maximum absolute atomic E-state index is 5.77. The van der Waals surface area contributed by atoms with Crippen molar-refractivity contribution >= 4 is 11.6 Å². The van der Waals surface area contributed by atoms with E-state index in [0.717, 1.165) is 64.2 Å². The molecule has 2 fully saturated rings. The van der Waals surface area contributed by atoms with Crippen molar-refractivity contribution in [2.45, 2.75) is 46.1 Å². The molecule has 3 rings (SSSR count). The van der Waals surface area contributed by atoms with Crippen molar-refractivity contribution in [2.24, 2.45) is 16.8 Å². The highest BCUT2D eigenvalue weighted by Gasteiger charge is 2.16. The van der Waals surface area contributed by atoms with Crippen molar-refractivity contribution < 1.29 is 9.47 Å². The first-order chi connectivity index (χ1) is 14.7. The van der Waals surface area contributed by atoms with Crippen molar-refractivity contribution in [3.05, 3.63) is 29.8 Å². The first-order valence-corrected chi connectivity index (χ1v) is 11.8. The second kappa shape index (κ2) is 12.8. The van der Waals surface area contributed by atoms with Gasteiger partial charge < -0.3 is 25.0 Å². The Balaban J connectivity index is 1.36. The van der Waals surface area contributed by atoms with E-state index >= 15 is 0 Å². The van der Waals surface area contributed by atoms with Crippen molar-refractivity contribution in [1.29, 1.82) is 0 Å². The predicted molar refractivity (Wildman–Crippen MR) is 124 cm³/mol. The summed E-state index contributed by atoms with van der Waals surface area (Å²) >= 11 is 0. The molecule has 0 saturated carbocycles. The molecule has 0 spiro atoms. The zero-order chi connectivity index (χ0) is 21.0. The molecule has 6 heteroatoms. The van der Waals surface area contributed by atoms with Gasteiger partial charge in [-0.25, -0.2) is 4.99 Å². The molecule has 168 valence electrons. The summed E-state index contributed by atoms with van der Waals surface area (Å²) in [7, 11) is 0. The molecule has 2 saturated heterocycles. The minimum absolute atomic E-state index is 0.585. The monoisotopic (exact) mass is 416 g/mol. The summed E-state index contributed by atoms with van der Waals surface area (Å²) < 4.78 is 11.2. The Morgan fingerprint density at radius 1 is 1.17 bits per heavy atom. The van der Waals surface area contributed by atoms with E-state index in [1.54, 1.807) is 0 Å². The molecule has 1 atom stereocenters. The second-order valence-corrected chi connectivity index (χ2v) is 8.62. The molecule has 0 amide bonds. The average Bonchev–Trinajstić information content (AvgIpc) is 3.29. The van der Waals surface area contributed by atoms with Crippen LogP contribution in [-0.4, -0.2) is 58.6 Å². The SMILES string of the molecule is CCNC(=NCc1ccc(N2CCC(C)CC2)cc1)NCCCOCC1CCOC1. The lowest BCUT2D eigenvalue weighted by molar-refractivity contribution is 0.0888. The van der Waals surface area contributed by atoms with Crippen molar-refractivity contribution in [3.8, 4) is 0 Å². The number of hydrogen-bond acceptors (Lipinski definition) is 4. The highest BCUT2D eigenvalue weighted by Crippen LogP contribution is 2.23. The largest absolute Gasteiger partial charge is 0.381 e. The third-order valence-electron chi connectivity index (χ3n) is 5.98. The van der Waals surface area contributed by atoms with E-state index in [9.17, 15) is 0 Å². The van der Waals surface area contributed by atoms with E-state index < -0.39 is 0 Å². The van der Waals surface area contributed by atoms with E-state index in [0.29, 0.717) is 12.5 Å². The predicted octanol–water partition coefficient (Wildman–Crippen LogP) is 3.42. The van der Waals surface area contributed by atoms with E-state index in [4.69, 9.17) is 14.5 Å². The molecule has 1 unspecified atom stereocenters. The van der Waals surface area contributed by atoms with Gasteiger partial charge in [-0.1, -0.05) is 19.1 Å². The van der Waals surface area contributed by atoms with E-state index in [2.05, 4.69) is 53.6 Å². The number of ether oxygens (including phenoxy) is 2. The topological polar surface area (TPSA) is 58.1 Å². The molecule has 30 heavy (non-hydrogen) atoms. The zero-order valence-electron chi connectivity index (χ0n) is 18.9. The Labute approximate surface area is 182 Å². The van der Waals surface area contributed by atoms with Crippen molar-refractivity contribution in [1.82, 2.24) is 10.6 Å². The van der Waals surface area contributed by atoms with Crippen LogP contribution < -0.4 is 15.5 Å². The molecule has 2 N–H and O–H groups in total. The van der Waals surface area contributed by atoms with Gasteiger partial charge in [0.05, 0.1) is 19.8 Å². The number of nitrogens with one attached hydrogen (secondary N) is 2. The molecular formula is C24H40N4O2.